The van der Waals surface area contributed by atoms with Gasteiger partial charge in [-0.15, -0.1) is 0 Å². The van der Waals surface area contributed by atoms with Gasteiger partial charge in [-0.05, 0) is 50.4 Å². The van der Waals surface area contributed by atoms with E-state index in [0.29, 0.717) is 23.7 Å². The Labute approximate surface area is 107 Å². The number of hydrogen-bond acceptors (Lipinski definition) is 2. The fraction of sp³-hybridized carbons (Fsp3) is 0.733. The molecule has 18 heavy (non-hydrogen) atoms. The molecule has 96 valence electrons. The first kappa shape index (κ1) is 10.8. The van der Waals surface area contributed by atoms with E-state index in [1.165, 1.54) is 17.7 Å². The van der Waals surface area contributed by atoms with Crippen LogP contribution in [0.2, 0.25) is 0 Å². The number of carbonyl (C=O) groups excluding carboxylic acids is 2. The standard InChI is InChI=1S/C15H19NO2/c1-7(2)16-14(17)12-10-5-6-11(13(12)15(16)18)9-4-3-8(9)10/h5-13H,3-4H2,1-2H3/t8-,9+,10?,11?,12-,13+. The molecule has 0 aromatic carbocycles. The van der Waals surface area contributed by atoms with Crippen molar-refractivity contribution < 1.29 is 9.59 Å². The van der Waals surface area contributed by atoms with E-state index in [2.05, 4.69) is 12.2 Å². The second kappa shape index (κ2) is 3.25. The van der Waals surface area contributed by atoms with E-state index in [4.69, 9.17) is 0 Å². The van der Waals surface area contributed by atoms with Crippen molar-refractivity contribution in [3.63, 3.8) is 0 Å². The summed E-state index contributed by atoms with van der Waals surface area (Å²) in [6.45, 7) is 3.88. The summed E-state index contributed by atoms with van der Waals surface area (Å²) in [4.78, 5) is 26.6. The molecule has 3 heteroatoms. The largest absolute Gasteiger partial charge is 0.280 e. The van der Waals surface area contributed by atoms with Gasteiger partial charge >= 0.3 is 0 Å². The Morgan fingerprint density at radius 3 is 1.78 bits per heavy atom. The fourth-order valence-electron chi connectivity index (χ4n) is 4.88. The first-order valence-corrected chi connectivity index (χ1v) is 7.16. The van der Waals surface area contributed by atoms with Gasteiger partial charge in [0.15, 0.2) is 0 Å². The highest BCUT2D eigenvalue weighted by atomic mass is 16.2. The molecular weight excluding hydrogens is 226 g/mol. The average molecular weight is 245 g/mol. The summed E-state index contributed by atoms with van der Waals surface area (Å²) in [5.74, 6) is 2.20. The van der Waals surface area contributed by atoms with Crippen molar-refractivity contribution in [1.29, 1.82) is 0 Å². The van der Waals surface area contributed by atoms with E-state index in [-0.39, 0.29) is 29.7 Å². The molecule has 6 atom stereocenters. The highest BCUT2D eigenvalue weighted by Gasteiger charge is 2.64. The Kier molecular flexibility index (Phi) is 1.95. The number of imide groups is 1. The zero-order chi connectivity index (χ0) is 12.6. The molecule has 2 unspecified atom stereocenters. The van der Waals surface area contributed by atoms with E-state index in [1.807, 2.05) is 13.8 Å². The Hall–Kier alpha value is -1.12. The quantitative estimate of drug-likeness (QED) is 0.522. The molecule has 3 fully saturated rings. The molecule has 3 nitrogen and oxygen atoms in total. The maximum atomic E-state index is 12.5. The van der Waals surface area contributed by atoms with Crippen molar-refractivity contribution in [1.82, 2.24) is 4.90 Å². The van der Waals surface area contributed by atoms with Crippen molar-refractivity contribution in [3.05, 3.63) is 12.2 Å². The second-order valence-corrected chi connectivity index (χ2v) is 6.64. The molecule has 0 spiro atoms. The van der Waals surface area contributed by atoms with E-state index >= 15 is 0 Å². The maximum Gasteiger partial charge on any atom is 0.233 e. The predicted octanol–water partition coefficient (Wildman–Crippen LogP) is 1.84. The lowest BCUT2D eigenvalue weighted by Crippen LogP contribution is -2.53. The molecule has 4 aliphatic carbocycles. The third-order valence-electron chi connectivity index (χ3n) is 5.71. The van der Waals surface area contributed by atoms with E-state index in [0.717, 1.165) is 0 Å². The molecular formula is C15H19NO2. The van der Waals surface area contributed by atoms with Crippen LogP contribution in [0.3, 0.4) is 0 Å². The van der Waals surface area contributed by atoms with Gasteiger partial charge < -0.3 is 0 Å². The van der Waals surface area contributed by atoms with Crippen molar-refractivity contribution in [3.8, 4) is 0 Å². The monoisotopic (exact) mass is 245 g/mol. The van der Waals surface area contributed by atoms with Crippen LogP contribution in [0.4, 0.5) is 0 Å². The summed E-state index contributed by atoms with van der Waals surface area (Å²) in [6, 6.07) is 0.00709. The van der Waals surface area contributed by atoms with Crippen LogP contribution in [0.25, 0.3) is 0 Å². The van der Waals surface area contributed by atoms with Crippen molar-refractivity contribution in [2.24, 2.45) is 35.5 Å². The highest BCUT2D eigenvalue weighted by molar-refractivity contribution is 6.06. The van der Waals surface area contributed by atoms with Crippen LogP contribution in [0.1, 0.15) is 26.7 Å². The van der Waals surface area contributed by atoms with Gasteiger partial charge in [0, 0.05) is 6.04 Å². The Morgan fingerprint density at radius 1 is 1.00 bits per heavy atom. The topological polar surface area (TPSA) is 37.4 Å². The van der Waals surface area contributed by atoms with E-state index < -0.39 is 0 Å². The number of hydrogen-bond donors (Lipinski definition) is 0. The van der Waals surface area contributed by atoms with Crippen molar-refractivity contribution in [2.75, 3.05) is 0 Å². The zero-order valence-electron chi connectivity index (χ0n) is 10.9. The lowest BCUT2D eigenvalue weighted by Gasteiger charge is -2.55. The van der Waals surface area contributed by atoms with Gasteiger partial charge in [-0.3, -0.25) is 14.5 Å². The zero-order valence-corrected chi connectivity index (χ0v) is 10.9. The first-order chi connectivity index (χ1) is 8.61. The lowest BCUT2D eigenvalue weighted by atomic mass is 9.47. The molecule has 2 bridgehead atoms. The van der Waals surface area contributed by atoms with Crippen LogP contribution in [0.15, 0.2) is 12.2 Å². The Balaban J connectivity index is 1.78. The summed E-state index contributed by atoms with van der Waals surface area (Å²) in [6.07, 6.45) is 6.98. The second-order valence-electron chi connectivity index (χ2n) is 6.64. The highest BCUT2D eigenvalue weighted by Crippen LogP contribution is 2.61. The van der Waals surface area contributed by atoms with Gasteiger partial charge in [0.25, 0.3) is 0 Å². The number of allylic oxidation sites excluding steroid dienone is 2. The SMILES string of the molecule is CC(C)N1C(=O)[C@@H]2C3C=CC([C@H]4CC[C@@H]34)[C@@H]2C1=O. The molecule has 1 saturated heterocycles. The van der Waals surface area contributed by atoms with Crippen LogP contribution >= 0.6 is 0 Å². The minimum Gasteiger partial charge on any atom is -0.280 e. The molecule has 2 saturated carbocycles. The van der Waals surface area contributed by atoms with E-state index in [1.54, 1.807) is 0 Å². The Morgan fingerprint density at radius 2 is 1.44 bits per heavy atom. The van der Waals surface area contributed by atoms with Crippen LogP contribution < -0.4 is 0 Å². The van der Waals surface area contributed by atoms with Gasteiger partial charge in [0.2, 0.25) is 11.8 Å². The van der Waals surface area contributed by atoms with Crippen LogP contribution in [-0.2, 0) is 9.59 Å². The molecule has 0 aromatic heterocycles. The van der Waals surface area contributed by atoms with Crippen molar-refractivity contribution in [2.45, 2.75) is 32.7 Å². The number of nitrogens with zero attached hydrogens (tertiary/aromatic N) is 1. The molecule has 0 aromatic rings. The van der Waals surface area contributed by atoms with Gasteiger partial charge in [-0.25, -0.2) is 0 Å². The Bertz CT molecular complexity index is 429. The molecule has 2 amide bonds. The average Bonchev–Trinajstić information content (AvgIpc) is 2.52. The number of amides is 2. The number of rotatable bonds is 1. The predicted molar refractivity (Wildman–Crippen MR) is 66.3 cm³/mol. The molecule has 0 N–H and O–H groups in total. The number of carbonyl (C=O) groups is 2. The maximum absolute atomic E-state index is 12.5. The minimum atomic E-state index is -0.0311. The summed E-state index contributed by atoms with van der Waals surface area (Å²) in [7, 11) is 0. The number of likely N-dealkylation sites (tertiary alicyclic amines) is 1. The fourth-order valence-corrected chi connectivity index (χ4v) is 4.88. The summed E-state index contributed by atoms with van der Waals surface area (Å²) in [5.41, 5.74) is 0. The minimum absolute atomic E-state index is 0.00709. The lowest BCUT2D eigenvalue weighted by molar-refractivity contribution is -0.142. The molecule has 5 aliphatic rings. The first-order valence-electron chi connectivity index (χ1n) is 7.16. The van der Waals surface area contributed by atoms with Crippen LogP contribution in [0.5, 0.6) is 0 Å². The smallest absolute Gasteiger partial charge is 0.233 e. The van der Waals surface area contributed by atoms with Crippen LogP contribution in [0, 0.1) is 35.5 Å². The van der Waals surface area contributed by atoms with Gasteiger partial charge in [0.1, 0.15) is 0 Å². The van der Waals surface area contributed by atoms with Gasteiger partial charge in [-0.1, -0.05) is 12.2 Å². The molecule has 0 radical (unpaired) electrons. The van der Waals surface area contributed by atoms with Gasteiger partial charge in [0.05, 0.1) is 11.8 Å². The van der Waals surface area contributed by atoms with Crippen LogP contribution in [-0.4, -0.2) is 22.8 Å². The summed E-state index contributed by atoms with van der Waals surface area (Å²) in [5, 5.41) is 0. The third kappa shape index (κ3) is 1.03. The van der Waals surface area contributed by atoms with Gasteiger partial charge in [-0.2, -0.15) is 0 Å². The molecule has 1 heterocycles. The normalized spacial score (nSPS) is 48.5. The van der Waals surface area contributed by atoms with E-state index in [9.17, 15) is 9.59 Å². The summed E-state index contributed by atoms with van der Waals surface area (Å²) < 4.78 is 0. The molecule has 5 rings (SSSR count). The summed E-state index contributed by atoms with van der Waals surface area (Å²) >= 11 is 0. The van der Waals surface area contributed by atoms with Crippen molar-refractivity contribution >= 4 is 11.8 Å². The third-order valence-corrected chi connectivity index (χ3v) is 5.71. The molecule has 1 aliphatic heterocycles.